The van der Waals surface area contributed by atoms with Gasteiger partial charge in [-0.1, -0.05) is 12.1 Å². The fraction of sp³-hybridized carbons (Fsp3) is 0.167. The van der Waals surface area contributed by atoms with E-state index in [2.05, 4.69) is 16.0 Å². The Morgan fingerprint density at radius 1 is 1.03 bits per heavy atom. The summed E-state index contributed by atoms with van der Waals surface area (Å²) in [5, 5.41) is 9.37. The molecule has 0 bridgehead atoms. The van der Waals surface area contributed by atoms with E-state index in [0.717, 1.165) is 16.7 Å². The number of nitrogens with one attached hydrogen (secondary N) is 1. The molecular weight excluding hydrogens is 390 g/mol. The van der Waals surface area contributed by atoms with Crippen LogP contribution in [0, 0.1) is 11.3 Å². The average molecular weight is 411 g/mol. The molecule has 1 aromatic carbocycles. The Bertz CT molecular complexity index is 1400. The first-order valence-corrected chi connectivity index (χ1v) is 9.76. The number of hydrogen-bond acceptors (Lipinski definition) is 4. The number of pyridine rings is 2. The van der Waals surface area contributed by atoms with Gasteiger partial charge in [-0.3, -0.25) is 14.3 Å². The van der Waals surface area contributed by atoms with Crippen molar-refractivity contribution in [2.24, 2.45) is 7.05 Å². The molecule has 0 aliphatic rings. The van der Waals surface area contributed by atoms with Gasteiger partial charge in [0.1, 0.15) is 0 Å². The summed E-state index contributed by atoms with van der Waals surface area (Å²) >= 11 is 0. The van der Waals surface area contributed by atoms with Crippen LogP contribution in [0.3, 0.4) is 0 Å². The third kappa shape index (κ3) is 3.71. The van der Waals surface area contributed by atoms with Crippen molar-refractivity contribution >= 4 is 0 Å². The highest BCUT2D eigenvalue weighted by Crippen LogP contribution is 2.27. The quantitative estimate of drug-likeness (QED) is 0.557. The van der Waals surface area contributed by atoms with Crippen LogP contribution in [-0.4, -0.2) is 19.1 Å². The molecule has 4 aromatic rings. The molecule has 1 N–H and O–H groups in total. The molecule has 4 rings (SSSR count). The maximum Gasteiger partial charge on any atom is 0.333 e. The molecule has 0 saturated heterocycles. The number of aromatic nitrogens is 4. The molecule has 0 aliphatic carbocycles. The molecule has 0 unspecified atom stereocenters. The molecule has 0 atom stereocenters. The van der Waals surface area contributed by atoms with E-state index < -0.39 is 5.41 Å². The van der Waals surface area contributed by atoms with Crippen molar-refractivity contribution in [1.29, 1.82) is 5.26 Å². The maximum absolute atomic E-state index is 12.9. The van der Waals surface area contributed by atoms with Gasteiger partial charge < -0.3 is 9.55 Å². The van der Waals surface area contributed by atoms with Crippen molar-refractivity contribution < 1.29 is 0 Å². The van der Waals surface area contributed by atoms with Gasteiger partial charge in [0.2, 0.25) is 5.56 Å². The topological polar surface area (TPSA) is 96.5 Å². The highest BCUT2D eigenvalue weighted by atomic mass is 16.1. The van der Waals surface area contributed by atoms with Crippen LogP contribution < -0.4 is 11.2 Å². The number of nitrogens with zero attached hydrogens (tertiary/aromatic N) is 4. The minimum Gasteiger partial charge on any atom is -0.328 e. The average Bonchev–Trinajstić information content (AvgIpc) is 3.09. The number of rotatable bonds is 4. The van der Waals surface area contributed by atoms with Crippen molar-refractivity contribution in [1.82, 2.24) is 19.1 Å². The molecule has 3 aromatic heterocycles. The van der Waals surface area contributed by atoms with E-state index in [9.17, 15) is 14.9 Å². The summed E-state index contributed by atoms with van der Waals surface area (Å²) in [7, 11) is 1.70. The largest absolute Gasteiger partial charge is 0.333 e. The zero-order chi connectivity index (χ0) is 22.2. The Labute approximate surface area is 178 Å². The van der Waals surface area contributed by atoms with Crippen molar-refractivity contribution in [3.8, 4) is 34.3 Å². The molecular formula is C24H21N5O2. The molecule has 0 amide bonds. The SMILES string of the molecule is Cn1cc(-c2cc(-c3ccc(=O)[nH]c3)ccn2)n(-c2ccc(C(C)(C)C#N)cc2)c1=O. The molecule has 154 valence electrons. The van der Waals surface area contributed by atoms with Gasteiger partial charge in [-0.15, -0.1) is 0 Å². The summed E-state index contributed by atoms with van der Waals surface area (Å²) in [5.41, 5.74) is 3.57. The van der Waals surface area contributed by atoms with E-state index in [1.165, 1.54) is 10.6 Å². The third-order valence-electron chi connectivity index (χ3n) is 5.32. The first-order valence-electron chi connectivity index (χ1n) is 9.76. The van der Waals surface area contributed by atoms with Gasteiger partial charge in [0.15, 0.2) is 0 Å². The molecule has 7 nitrogen and oxygen atoms in total. The molecule has 0 fully saturated rings. The van der Waals surface area contributed by atoms with E-state index in [4.69, 9.17) is 0 Å². The number of nitriles is 1. The van der Waals surface area contributed by atoms with Crippen molar-refractivity contribution in [2.45, 2.75) is 19.3 Å². The minimum atomic E-state index is -0.616. The maximum atomic E-state index is 12.9. The molecule has 7 heteroatoms. The Kier molecular flexibility index (Phi) is 4.91. The molecule has 31 heavy (non-hydrogen) atoms. The third-order valence-corrected chi connectivity index (χ3v) is 5.32. The first-order chi connectivity index (χ1) is 14.8. The lowest BCUT2D eigenvalue weighted by atomic mass is 9.86. The summed E-state index contributed by atoms with van der Waals surface area (Å²) in [6.45, 7) is 3.71. The fourth-order valence-electron chi connectivity index (χ4n) is 3.42. The van der Waals surface area contributed by atoms with E-state index in [0.29, 0.717) is 17.1 Å². The van der Waals surface area contributed by atoms with Crippen LogP contribution in [-0.2, 0) is 12.5 Å². The highest BCUT2D eigenvalue weighted by molar-refractivity contribution is 5.69. The molecule has 3 heterocycles. The van der Waals surface area contributed by atoms with Crippen molar-refractivity contribution in [3.05, 3.63) is 93.5 Å². The van der Waals surface area contributed by atoms with Crippen molar-refractivity contribution in [2.75, 3.05) is 0 Å². The number of aromatic amines is 1. The molecule has 0 radical (unpaired) electrons. The summed E-state index contributed by atoms with van der Waals surface area (Å²) in [6, 6.07) is 16.6. The Morgan fingerprint density at radius 3 is 2.42 bits per heavy atom. The van der Waals surface area contributed by atoms with Crippen LogP contribution in [0.25, 0.3) is 28.2 Å². The molecule has 0 saturated carbocycles. The normalized spacial score (nSPS) is 11.3. The lowest BCUT2D eigenvalue weighted by Gasteiger charge is -2.16. The van der Waals surface area contributed by atoms with Crippen LogP contribution in [0.4, 0.5) is 0 Å². The second kappa shape index (κ2) is 7.58. The standard InChI is InChI=1S/C24H21N5O2/c1-24(2,15-25)18-5-7-19(8-6-18)29-21(14-28(3)23(29)31)20-12-16(10-11-26-20)17-4-9-22(30)27-13-17/h4-14H,1-3H3,(H,27,30). The van der Waals surface area contributed by atoms with Crippen LogP contribution in [0.1, 0.15) is 19.4 Å². The van der Waals surface area contributed by atoms with Gasteiger partial charge in [-0.2, -0.15) is 5.26 Å². The lowest BCUT2D eigenvalue weighted by Crippen LogP contribution is -2.21. The number of aryl methyl sites for hydroxylation is 1. The van der Waals surface area contributed by atoms with Crippen LogP contribution in [0.2, 0.25) is 0 Å². The van der Waals surface area contributed by atoms with Crippen LogP contribution in [0.5, 0.6) is 0 Å². The molecule has 0 aliphatic heterocycles. The van der Waals surface area contributed by atoms with E-state index >= 15 is 0 Å². The summed E-state index contributed by atoms with van der Waals surface area (Å²) in [6.07, 6.45) is 5.07. The van der Waals surface area contributed by atoms with Crippen molar-refractivity contribution in [3.63, 3.8) is 0 Å². The predicted molar refractivity (Wildman–Crippen MR) is 119 cm³/mol. The Hall–Kier alpha value is -4.18. The smallest absolute Gasteiger partial charge is 0.328 e. The number of imidazole rings is 1. The zero-order valence-electron chi connectivity index (χ0n) is 17.5. The number of hydrogen-bond donors (Lipinski definition) is 1. The zero-order valence-corrected chi connectivity index (χ0v) is 17.5. The Morgan fingerprint density at radius 2 is 1.77 bits per heavy atom. The van der Waals surface area contributed by atoms with Gasteiger partial charge in [-0.25, -0.2) is 4.79 Å². The monoisotopic (exact) mass is 411 g/mol. The lowest BCUT2D eigenvalue weighted by molar-refractivity contribution is 0.686. The van der Waals surface area contributed by atoms with Gasteiger partial charge in [0.25, 0.3) is 0 Å². The molecule has 0 spiro atoms. The number of H-pyrrole nitrogens is 1. The van der Waals surface area contributed by atoms with Gasteiger partial charge >= 0.3 is 5.69 Å². The highest BCUT2D eigenvalue weighted by Gasteiger charge is 2.20. The first kappa shape index (κ1) is 20.1. The van der Waals surface area contributed by atoms with Gasteiger partial charge in [0.05, 0.1) is 28.6 Å². The summed E-state index contributed by atoms with van der Waals surface area (Å²) in [4.78, 5) is 31.4. The van der Waals surface area contributed by atoms with E-state index in [1.807, 2.05) is 50.2 Å². The van der Waals surface area contributed by atoms with Crippen LogP contribution >= 0.6 is 0 Å². The van der Waals surface area contributed by atoms with Gasteiger partial charge in [-0.05, 0) is 60.9 Å². The van der Waals surface area contributed by atoms with Gasteiger partial charge in [0, 0.05) is 31.7 Å². The van der Waals surface area contributed by atoms with Crippen LogP contribution in [0.15, 0.2) is 76.7 Å². The second-order valence-electron chi connectivity index (χ2n) is 7.90. The number of benzene rings is 1. The summed E-state index contributed by atoms with van der Waals surface area (Å²) in [5.74, 6) is 0. The Balaban J connectivity index is 1.82. The minimum absolute atomic E-state index is 0.169. The second-order valence-corrected chi connectivity index (χ2v) is 7.90. The summed E-state index contributed by atoms with van der Waals surface area (Å²) < 4.78 is 3.11. The van der Waals surface area contributed by atoms with E-state index in [1.54, 1.807) is 36.3 Å². The predicted octanol–water partition coefficient (Wildman–Crippen LogP) is 3.39. The fourth-order valence-corrected chi connectivity index (χ4v) is 3.42. The van der Waals surface area contributed by atoms with E-state index in [-0.39, 0.29) is 11.2 Å².